The van der Waals surface area contributed by atoms with Crippen molar-refractivity contribution in [3.05, 3.63) is 48.0 Å². The van der Waals surface area contributed by atoms with Crippen molar-refractivity contribution >= 4 is 22.0 Å². The summed E-state index contributed by atoms with van der Waals surface area (Å²) in [4.78, 5) is 0. The lowest BCUT2D eigenvalue weighted by atomic mass is 9.98. The molecule has 16 heavy (non-hydrogen) atoms. The Labute approximate surface area is 95.6 Å². The Hall–Kier alpha value is -1.76. The second-order valence-electron chi connectivity index (χ2n) is 4.37. The van der Waals surface area contributed by atoms with Crippen molar-refractivity contribution in [1.29, 1.82) is 0 Å². The fourth-order valence-electron chi connectivity index (χ4n) is 2.49. The highest BCUT2D eigenvalue weighted by Crippen LogP contribution is 2.34. The molecule has 0 aromatic heterocycles. The summed E-state index contributed by atoms with van der Waals surface area (Å²) in [5, 5.41) is 2.40. The molecule has 1 aliphatic rings. The molecular formula is C15H15N. The van der Waals surface area contributed by atoms with Crippen LogP contribution in [-0.4, -0.2) is 0 Å². The Morgan fingerprint density at radius 2 is 1.88 bits per heavy atom. The van der Waals surface area contributed by atoms with E-state index in [1.165, 1.54) is 41.2 Å². The van der Waals surface area contributed by atoms with E-state index in [4.69, 9.17) is 5.73 Å². The van der Waals surface area contributed by atoms with Crippen molar-refractivity contribution in [3.63, 3.8) is 0 Å². The van der Waals surface area contributed by atoms with Crippen molar-refractivity contribution in [2.24, 2.45) is 0 Å². The van der Waals surface area contributed by atoms with Gasteiger partial charge in [0.05, 0.1) is 0 Å². The van der Waals surface area contributed by atoms with Crippen LogP contribution < -0.4 is 5.73 Å². The van der Waals surface area contributed by atoms with Crippen molar-refractivity contribution in [2.75, 3.05) is 5.73 Å². The monoisotopic (exact) mass is 209 g/mol. The first kappa shape index (κ1) is 9.46. The van der Waals surface area contributed by atoms with E-state index in [1.54, 1.807) is 0 Å². The van der Waals surface area contributed by atoms with Gasteiger partial charge >= 0.3 is 0 Å². The number of hydrogen-bond acceptors (Lipinski definition) is 1. The molecule has 1 aliphatic carbocycles. The van der Waals surface area contributed by atoms with Crippen molar-refractivity contribution in [2.45, 2.75) is 19.3 Å². The van der Waals surface area contributed by atoms with Gasteiger partial charge in [0.1, 0.15) is 0 Å². The number of allylic oxidation sites excluding steroid dienone is 2. The Balaban J connectivity index is 2.23. The van der Waals surface area contributed by atoms with E-state index < -0.39 is 0 Å². The molecular weight excluding hydrogens is 194 g/mol. The number of rotatable bonds is 1. The van der Waals surface area contributed by atoms with Crippen LogP contribution in [0, 0.1) is 0 Å². The zero-order valence-corrected chi connectivity index (χ0v) is 9.24. The van der Waals surface area contributed by atoms with E-state index >= 15 is 0 Å². The first-order valence-electron chi connectivity index (χ1n) is 5.83. The van der Waals surface area contributed by atoms with Crippen LogP contribution in [-0.2, 0) is 0 Å². The molecule has 0 heterocycles. The van der Waals surface area contributed by atoms with E-state index in [1.807, 2.05) is 6.07 Å². The number of nitrogens with two attached hydrogens (primary N) is 1. The van der Waals surface area contributed by atoms with E-state index in [0.29, 0.717) is 0 Å². The maximum absolute atomic E-state index is 6.26. The van der Waals surface area contributed by atoms with Crippen molar-refractivity contribution in [1.82, 2.24) is 0 Å². The van der Waals surface area contributed by atoms with Crippen LogP contribution in [0.1, 0.15) is 24.8 Å². The Kier molecular flexibility index (Phi) is 2.17. The predicted molar refractivity (Wildman–Crippen MR) is 70.2 cm³/mol. The molecule has 0 radical (unpaired) electrons. The van der Waals surface area contributed by atoms with Crippen molar-refractivity contribution < 1.29 is 0 Å². The van der Waals surface area contributed by atoms with Crippen molar-refractivity contribution in [3.8, 4) is 0 Å². The third-order valence-corrected chi connectivity index (χ3v) is 3.36. The maximum atomic E-state index is 6.26. The maximum Gasteiger partial charge on any atom is 0.0470 e. The molecule has 0 amide bonds. The summed E-state index contributed by atoms with van der Waals surface area (Å²) in [5.41, 5.74) is 9.85. The molecule has 0 atom stereocenters. The second kappa shape index (κ2) is 3.67. The summed E-state index contributed by atoms with van der Waals surface area (Å²) >= 11 is 0. The Bertz CT molecular complexity index is 567. The number of nitrogen functional groups attached to an aromatic ring is 1. The minimum absolute atomic E-state index is 0.936. The highest BCUT2D eigenvalue weighted by molar-refractivity contribution is 5.98. The van der Waals surface area contributed by atoms with Gasteiger partial charge in [-0.15, -0.1) is 0 Å². The SMILES string of the molecule is Nc1c(C2=CCCC2)ccc2ccccc12. The minimum atomic E-state index is 0.936. The van der Waals surface area contributed by atoms with Gasteiger partial charge in [-0.1, -0.05) is 42.5 Å². The van der Waals surface area contributed by atoms with Gasteiger partial charge in [-0.25, -0.2) is 0 Å². The number of hydrogen-bond donors (Lipinski definition) is 1. The molecule has 0 unspecified atom stereocenters. The largest absolute Gasteiger partial charge is 0.398 e. The van der Waals surface area contributed by atoms with Crippen LogP contribution >= 0.6 is 0 Å². The highest BCUT2D eigenvalue weighted by Gasteiger charge is 2.11. The molecule has 0 saturated heterocycles. The molecule has 0 saturated carbocycles. The van der Waals surface area contributed by atoms with Gasteiger partial charge in [0.2, 0.25) is 0 Å². The molecule has 0 bridgehead atoms. The van der Waals surface area contributed by atoms with Gasteiger partial charge in [-0.2, -0.15) is 0 Å². The number of fused-ring (bicyclic) bond motifs is 1. The van der Waals surface area contributed by atoms with E-state index in [9.17, 15) is 0 Å². The second-order valence-corrected chi connectivity index (χ2v) is 4.37. The van der Waals surface area contributed by atoms with Crippen LogP contribution in [0.15, 0.2) is 42.5 Å². The Morgan fingerprint density at radius 3 is 2.69 bits per heavy atom. The molecule has 1 nitrogen and oxygen atoms in total. The van der Waals surface area contributed by atoms with E-state index in [-0.39, 0.29) is 0 Å². The molecule has 0 fully saturated rings. The van der Waals surface area contributed by atoms with Crippen LogP contribution in [0.25, 0.3) is 16.3 Å². The number of anilines is 1. The molecule has 0 aliphatic heterocycles. The van der Waals surface area contributed by atoms with Crippen LogP contribution in [0.5, 0.6) is 0 Å². The minimum Gasteiger partial charge on any atom is -0.398 e. The first-order chi connectivity index (χ1) is 7.86. The summed E-state index contributed by atoms with van der Waals surface area (Å²) in [7, 11) is 0. The summed E-state index contributed by atoms with van der Waals surface area (Å²) in [6.45, 7) is 0. The summed E-state index contributed by atoms with van der Waals surface area (Å²) in [6, 6.07) is 12.6. The average Bonchev–Trinajstić information content (AvgIpc) is 2.83. The van der Waals surface area contributed by atoms with E-state index in [0.717, 1.165) is 5.69 Å². The smallest absolute Gasteiger partial charge is 0.0470 e. The fraction of sp³-hybridized carbons (Fsp3) is 0.200. The van der Waals surface area contributed by atoms with Gasteiger partial charge in [-0.05, 0) is 30.2 Å². The lowest BCUT2D eigenvalue weighted by molar-refractivity contribution is 0.935. The van der Waals surface area contributed by atoms with Gasteiger partial charge in [-0.3, -0.25) is 0 Å². The molecule has 0 spiro atoms. The molecule has 2 aromatic rings. The van der Waals surface area contributed by atoms with Crippen LogP contribution in [0.4, 0.5) is 5.69 Å². The molecule has 2 aromatic carbocycles. The molecule has 3 rings (SSSR count). The third kappa shape index (κ3) is 1.40. The molecule has 2 N–H and O–H groups in total. The van der Waals surface area contributed by atoms with E-state index in [2.05, 4.69) is 36.4 Å². The van der Waals surface area contributed by atoms with Gasteiger partial charge in [0, 0.05) is 16.6 Å². The first-order valence-corrected chi connectivity index (χ1v) is 5.83. The molecule has 80 valence electrons. The summed E-state index contributed by atoms with van der Waals surface area (Å²) in [5.74, 6) is 0. The standard InChI is InChI=1S/C15H15N/c16-15-13-8-4-3-7-12(13)9-10-14(15)11-5-1-2-6-11/h3-5,7-10H,1-2,6,16H2. The predicted octanol–water partition coefficient (Wildman–Crippen LogP) is 3.99. The fourth-order valence-corrected chi connectivity index (χ4v) is 2.49. The van der Waals surface area contributed by atoms with Crippen LogP contribution in [0.3, 0.4) is 0 Å². The average molecular weight is 209 g/mol. The topological polar surface area (TPSA) is 26.0 Å². The zero-order chi connectivity index (χ0) is 11.0. The lowest BCUT2D eigenvalue weighted by Crippen LogP contribution is -1.94. The van der Waals surface area contributed by atoms with Gasteiger partial charge in [0.15, 0.2) is 0 Å². The quantitative estimate of drug-likeness (QED) is 0.706. The van der Waals surface area contributed by atoms with Crippen LogP contribution in [0.2, 0.25) is 0 Å². The normalized spacial score (nSPS) is 15.4. The van der Waals surface area contributed by atoms with Gasteiger partial charge < -0.3 is 5.73 Å². The lowest BCUT2D eigenvalue weighted by Gasteiger charge is -2.09. The third-order valence-electron chi connectivity index (χ3n) is 3.36. The summed E-state index contributed by atoms with van der Waals surface area (Å²) in [6.07, 6.45) is 5.95. The highest BCUT2D eigenvalue weighted by atomic mass is 14.6. The summed E-state index contributed by atoms with van der Waals surface area (Å²) < 4.78 is 0. The zero-order valence-electron chi connectivity index (χ0n) is 9.24. The van der Waals surface area contributed by atoms with Gasteiger partial charge in [0.25, 0.3) is 0 Å². The molecule has 1 heteroatoms. The number of benzene rings is 2. The Morgan fingerprint density at radius 1 is 1.00 bits per heavy atom.